The van der Waals surface area contributed by atoms with E-state index in [1.54, 1.807) is 44.7 Å². The number of halogens is 1. The van der Waals surface area contributed by atoms with Gasteiger partial charge in [0.05, 0.1) is 20.4 Å². The van der Waals surface area contributed by atoms with E-state index in [1.165, 1.54) is 12.1 Å². The Morgan fingerprint density at radius 1 is 1.00 bits per heavy atom. The Hall–Kier alpha value is -3.02. The van der Waals surface area contributed by atoms with Crippen LogP contribution in [0, 0.1) is 5.82 Å². The van der Waals surface area contributed by atoms with Crippen LogP contribution in [0.3, 0.4) is 0 Å². The molecule has 0 amide bonds. The minimum absolute atomic E-state index is 0.294. The average molecular weight is 314 g/mol. The zero-order valence-electron chi connectivity index (χ0n) is 12.7. The maximum atomic E-state index is 12.9. The highest BCUT2D eigenvalue weighted by Gasteiger charge is 2.09. The molecule has 0 fully saturated rings. The van der Waals surface area contributed by atoms with Gasteiger partial charge in [0.1, 0.15) is 5.82 Å². The highest BCUT2D eigenvalue weighted by Crippen LogP contribution is 2.31. The van der Waals surface area contributed by atoms with Crippen molar-refractivity contribution in [2.24, 2.45) is 0 Å². The van der Waals surface area contributed by atoms with Gasteiger partial charge in [0.15, 0.2) is 17.3 Å². The number of hydrogen-bond donors (Lipinski definition) is 1. The summed E-state index contributed by atoms with van der Waals surface area (Å²) in [7, 11) is 3.15. The molecule has 2 aromatic carbocycles. The second-order valence-electron chi connectivity index (χ2n) is 4.73. The zero-order chi connectivity index (χ0) is 16.2. The van der Waals surface area contributed by atoms with Crippen LogP contribution >= 0.6 is 0 Å². The number of methoxy groups -OCH3 is 2. The fraction of sp³-hybridized carbons (Fsp3) is 0.118. The molecular weight excluding hydrogens is 299 g/mol. The molecule has 0 atom stereocenters. The maximum Gasteiger partial charge on any atom is 0.299 e. The molecule has 0 radical (unpaired) electrons. The number of rotatable bonds is 5. The van der Waals surface area contributed by atoms with Gasteiger partial charge < -0.3 is 19.2 Å². The summed E-state index contributed by atoms with van der Waals surface area (Å²) in [5.41, 5.74) is 1.49. The van der Waals surface area contributed by atoms with Crippen LogP contribution in [-0.4, -0.2) is 19.2 Å². The molecule has 3 aromatic rings. The topological polar surface area (TPSA) is 56.5 Å². The van der Waals surface area contributed by atoms with Crippen molar-refractivity contribution in [3.8, 4) is 22.8 Å². The molecular formula is C17H15FN2O3. The molecule has 0 bridgehead atoms. The van der Waals surface area contributed by atoms with Crippen LogP contribution in [0.2, 0.25) is 0 Å². The Kier molecular flexibility index (Phi) is 4.14. The first-order valence-corrected chi connectivity index (χ1v) is 6.90. The Bertz CT molecular complexity index is 800. The van der Waals surface area contributed by atoms with Gasteiger partial charge in [-0.3, -0.25) is 0 Å². The predicted molar refractivity (Wildman–Crippen MR) is 84.7 cm³/mol. The lowest BCUT2D eigenvalue weighted by atomic mass is 10.2. The minimum atomic E-state index is -0.294. The highest BCUT2D eigenvalue weighted by atomic mass is 19.1. The van der Waals surface area contributed by atoms with E-state index < -0.39 is 0 Å². The van der Waals surface area contributed by atoms with E-state index in [-0.39, 0.29) is 5.82 Å². The van der Waals surface area contributed by atoms with Crippen molar-refractivity contribution in [3.63, 3.8) is 0 Å². The summed E-state index contributed by atoms with van der Waals surface area (Å²) in [5, 5.41) is 3.04. The van der Waals surface area contributed by atoms with Crippen LogP contribution in [0.25, 0.3) is 11.3 Å². The van der Waals surface area contributed by atoms with Crippen molar-refractivity contribution in [3.05, 3.63) is 54.5 Å². The molecule has 0 aliphatic carbocycles. The number of oxazole rings is 1. The molecule has 0 aliphatic rings. The SMILES string of the molecule is COc1ccc(Nc2ncc(-c3ccc(F)cc3)o2)cc1OC. The quantitative estimate of drug-likeness (QED) is 0.763. The van der Waals surface area contributed by atoms with Crippen molar-refractivity contribution >= 4 is 11.7 Å². The van der Waals surface area contributed by atoms with Gasteiger partial charge in [-0.25, -0.2) is 9.37 Å². The number of anilines is 2. The highest BCUT2D eigenvalue weighted by molar-refractivity contribution is 5.62. The second-order valence-corrected chi connectivity index (χ2v) is 4.73. The molecule has 1 N–H and O–H groups in total. The molecule has 0 aliphatic heterocycles. The summed E-state index contributed by atoms with van der Waals surface area (Å²) < 4.78 is 29.0. The summed E-state index contributed by atoms with van der Waals surface area (Å²) >= 11 is 0. The predicted octanol–water partition coefficient (Wildman–Crippen LogP) is 4.24. The molecule has 118 valence electrons. The molecule has 1 aromatic heterocycles. The summed E-state index contributed by atoms with van der Waals surface area (Å²) in [4.78, 5) is 4.16. The Balaban J connectivity index is 1.80. The molecule has 0 unspecified atom stereocenters. The van der Waals surface area contributed by atoms with Crippen LogP contribution in [0.5, 0.6) is 11.5 Å². The van der Waals surface area contributed by atoms with Gasteiger partial charge in [-0.05, 0) is 36.4 Å². The standard InChI is InChI=1S/C17H15FN2O3/c1-21-14-8-7-13(9-15(14)22-2)20-17-19-10-16(23-17)11-3-5-12(18)6-4-11/h3-10H,1-2H3,(H,19,20). The summed E-state index contributed by atoms with van der Waals surface area (Å²) in [6.45, 7) is 0. The molecule has 1 heterocycles. The van der Waals surface area contributed by atoms with E-state index in [0.29, 0.717) is 23.3 Å². The molecule has 0 spiro atoms. The van der Waals surface area contributed by atoms with Gasteiger partial charge in [-0.1, -0.05) is 0 Å². The molecule has 0 saturated heterocycles. The Labute approximate surface area is 132 Å². The van der Waals surface area contributed by atoms with Crippen molar-refractivity contribution in [1.29, 1.82) is 0 Å². The fourth-order valence-corrected chi connectivity index (χ4v) is 2.12. The minimum Gasteiger partial charge on any atom is -0.493 e. The lowest BCUT2D eigenvalue weighted by Gasteiger charge is -2.09. The first-order valence-electron chi connectivity index (χ1n) is 6.90. The number of ether oxygens (including phenoxy) is 2. The van der Waals surface area contributed by atoms with E-state index in [4.69, 9.17) is 13.9 Å². The maximum absolute atomic E-state index is 12.9. The van der Waals surface area contributed by atoms with Crippen molar-refractivity contribution in [2.45, 2.75) is 0 Å². The average Bonchev–Trinajstić information content (AvgIpc) is 3.04. The van der Waals surface area contributed by atoms with Crippen molar-refractivity contribution in [1.82, 2.24) is 4.98 Å². The molecule has 23 heavy (non-hydrogen) atoms. The lowest BCUT2D eigenvalue weighted by Crippen LogP contribution is -1.94. The van der Waals surface area contributed by atoms with Gasteiger partial charge in [0, 0.05) is 17.3 Å². The smallest absolute Gasteiger partial charge is 0.299 e. The van der Waals surface area contributed by atoms with E-state index in [1.807, 2.05) is 6.07 Å². The van der Waals surface area contributed by atoms with E-state index >= 15 is 0 Å². The number of hydrogen-bond acceptors (Lipinski definition) is 5. The van der Waals surface area contributed by atoms with E-state index in [9.17, 15) is 4.39 Å². The third-order valence-electron chi connectivity index (χ3n) is 3.27. The number of nitrogens with one attached hydrogen (secondary N) is 1. The van der Waals surface area contributed by atoms with Gasteiger partial charge in [0.25, 0.3) is 6.01 Å². The van der Waals surface area contributed by atoms with Gasteiger partial charge in [-0.2, -0.15) is 0 Å². The van der Waals surface area contributed by atoms with Crippen LogP contribution in [-0.2, 0) is 0 Å². The second kappa shape index (κ2) is 6.39. The Morgan fingerprint density at radius 3 is 2.43 bits per heavy atom. The number of benzene rings is 2. The number of nitrogens with zero attached hydrogens (tertiary/aromatic N) is 1. The molecule has 6 heteroatoms. The summed E-state index contributed by atoms with van der Waals surface area (Å²) in [6.07, 6.45) is 1.58. The fourth-order valence-electron chi connectivity index (χ4n) is 2.12. The summed E-state index contributed by atoms with van der Waals surface area (Å²) in [6, 6.07) is 11.7. The van der Waals surface area contributed by atoms with Crippen LogP contribution in [0.4, 0.5) is 16.1 Å². The van der Waals surface area contributed by atoms with E-state index in [0.717, 1.165) is 11.3 Å². The Morgan fingerprint density at radius 2 is 1.74 bits per heavy atom. The van der Waals surface area contributed by atoms with Gasteiger partial charge in [-0.15, -0.1) is 0 Å². The van der Waals surface area contributed by atoms with Crippen molar-refractivity contribution in [2.75, 3.05) is 19.5 Å². The van der Waals surface area contributed by atoms with Crippen LogP contribution in [0.15, 0.2) is 53.1 Å². The zero-order valence-corrected chi connectivity index (χ0v) is 12.7. The molecule has 5 nitrogen and oxygen atoms in total. The van der Waals surface area contributed by atoms with Gasteiger partial charge in [0.2, 0.25) is 0 Å². The largest absolute Gasteiger partial charge is 0.493 e. The molecule has 3 rings (SSSR count). The lowest BCUT2D eigenvalue weighted by molar-refractivity contribution is 0.355. The van der Waals surface area contributed by atoms with E-state index in [2.05, 4.69) is 10.3 Å². The first kappa shape index (κ1) is 14.9. The van der Waals surface area contributed by atoms with Crippen molar-refractivity contribution < 1.29 is 18.3 Å². The third kappa shape index (κ3) is 3.26. The van der Waals surface area contributed by atoms with Gasteiger partial charge >= 0.3 is 0 Å². The first-order chi connectivity index (χ1) is 11.2. The van der Waals surface area contributed by atoms with Crippen LogP contribution < -0.4 is 14.8 Å². The summed E-state index contributed by atoms with van der Waals surface area (Å²) in [5.74, 6) is 1.49. The number of aromatic nitrogens is 1. The monoisotopic (exact) mass is 314 g/mol. The normalized spacial score (nSPS) is 10.4. The molecule has 0 saturated carbocycles. The van der Waals surface area contributed by atoms with Crippen LogP contribution in [0.1, 0.15) is 0 Å². The third-order valence-corrected chi connectivity index (χ3v) is 3.27.